The van der Waals surface area contributed by atoms with E-state index in [-0.39, 0.29) is 10.9 Å². The fourth-order valence-corrected chi connectivity index (χ4v) is 1.95. The van der Waals surface area contributed by atoms with Crippen molar-refractivity contribution in [2.45, 2.75) is 6.92 Å². The van der Waals surface area contributed by atoms with Crippen molar-refractivity contribution in [1.29, 1.82) is 0 Å². The molecule has 6 nitrogen and oxygen atoms in total. The van der Waals surface area contributed by atoms with E-state index >= 15 is 0 Å². The fraction of sp³-hybridized carbons (Fsp3) is 0.231. The van der Waals surface area contributed by atoms with Crippen LogP contribution in [0.25, 0.3) is 11.3 Å². The van der Waals surface area contributed by atoms with Crippen molar-refractivity contribution in [2.75, 3.05) is 13.7 Å². The molecule has 2 N–H and O–H groups in total. The van der Waals surface area contributed by atoms with Crippen LogP contribution in [0.4, 0.5) is 0 Å². The predicted molar refractivity (Wildman–Crippen MR) is 74.7 cm³/mol. The summed E-state index contributed by atoms with van der Waals surface area (Å²) < 4.78 is 10.6. The minimum absolute atomic E-state index is 0.0380. The Morgan fingerprint density at radius 3 is 2.70 bits per heavy atom. The van der Waals surface area contributed by atoms with Crippen LogP contribution in [0.2, 0.25) is 5.15 Å². The van der Waals surface area contributed by atoms with Gasteiger partial charge in [-0.1, -0.05) is 11.6 Å². The number of methoxy groups -OCH3 is 1. The van der Waals surface area contributed by atoms with E-state index in [0.717, 1.165) is 0 Å². The number of hydrogen-bond acceptors (Lipinski definition) is 5. The number of aromatic hydroxyl groups is 1. The second-order valence-corrected chi connectivity index (χ2v) is 4.26. The normalized spacial score (nSPS) is 10.3. The minimum Gasteiger partial charge on any atom is -0.507 e. The lowest BCUT2D eigenvalue weighted by Crippen LogP contribution is -2.10. The fourth-order valence-electron chi connectivity index (χ4n) is 1.77. The Bertz CT molecular complexity index is 685. The van der Waals surface area contributed by atoms with E-state index in [9.17, 15) is 9.90 Å². The number of rotatable bonds is 4. The summed E-state index contributed by atoms with van der Waals surface area (Å²) >= 11 is 5.74. The molecule has 0 aliphatic rings. The Balaban J connectivity index is 2.59. The molecule has 0 bridgehead atoms. The highest BCUT2D eigenvalue weighted by atomic mass is 35.5. The van der Waals surface area contributed by atoms with Gasteiger partial charge in [-0.15, -0.1) is 0 Å². The van der Waals surface area contributed by atoms with Gasteiger partial charge in [-0.2, -0.15) is 4.98 Å². The first kappa shape index (κ1) is 14.2. The molecular formula is C13H13ClN2O4. The van der Waals surface area contributed by atoms with Gasteiger partial charge in [0, 0.05) is 17.7 Å². The summed E-state index contributed by atoms with van der Waals surface area (Å²) in [4.78, 5) is 17.3. The van der Waals surface area contributed by atoms with E-state index in [2.05, 4.69) is 9.97 Å². The SMILES string of the molecule is CCOc1cc(O)c(-c2cc(Cl)nc(=O)[nH]2)cc1OC. The van der Waals surface area contributed by atoms with Crippen LogP contribution in [0.3, 0.4) is 0 Å². The molecule has 0 amide bonds. The molecule has 0 spiro atoms. The molecule has 20 heavy (non-hydrogen) atoms. The van der Waals surface area contributed by atoms with Crippen molar-refractivity contribution >= 4 is 11.6 Å². The average molecular weight is 297 g/mol. The molecule has 1 heterocycles. The monoisotopic (exact) mass is 296 g/mol. The Morgan fingerprint density at radius 1 is 1.35 bits per heavy atom. The van der Waals surface area contributed by atoms with E-state index in [1.54, 1.807) is 6.07 Å². The second kappa shape index (κ2) is 5.83. The lowest BCUT2D eigenvalue weighted by atomic mass is 10.1. The van der Waals surface area contributed by atoms with Gasteiger partial charge in [-0.05, 0) is 13.0 Å². The first-order valence-electron chi connectivity index (χ1n) is 5.86. The molecule has 0 fully saturated rings. The zero-order valence-electron chi connectivity index (χ0n) is 10.9. The molecule has 0 atom stereocenters. The molecule has 106 valence electrons. The molecule has 0 saturated carbocycles. The molecule has 1 aromatic heterocycles. The maximum absolute atomic E-state index is 11.3. The summed E-state index contributed by atoms with van der Waals surface area (Å²) in [5, 5.41) is 10.1. The average Bonchev–Trinajstić information content (AvgIpc) is 2.38. The van der Waals surface area contributed by atoms with Crippen LogP contribution in [0.5, 0.6) is 17.2 Å². The maximum atomic E-state index is 11.3. The van der Waals surface area contributed by atoms with Gasteiger partial charge in [-0.3, -0.25) is 0 Å². The summed E-state index contributed by atoms with van der Waals surface area (Å²) in [6, 6.07) is 4.42. The van der Waals surface area contributed by atoms with Crippen molar-refractivity contribution in [2.24, 2.45) is 0 Å². The molecule has 2 aromatic rings. The van der Waals surface area contributed by atoms with Crippen LogP contribution >= 0.6 is 11.6 Å². The molecule has 1 aromatic carbocycles. The number of aromatic nitrogens is 2. The Hall–Kier alpha value is -2.21. The Morgan fingerprint density at radius 2 is 2.10 bits per heavy atom. The summed E-state index contributed by atoms with van der Waals surface area (Å²) in [5.74, 6) is 0.791. The highest BCUT2D eigenvalue weighted by Crippen LogP contribution is 2.38. The molecule has 0 radical (unpaired) electrons. The summed E-state index contributed by atoms with van der Waals surface area (Å²) in [5.41, 5.74) is 0.111. The largest absolute Gasteiger partial charge is 0.507 e. The van der Waals surface area contributed by atoms with Crippen molar-refractivity contribution < 1.29 is 14.6 Å². The molecule has 0 aliphatic heterocycles. The van der Waals surface area contributed by atoms with Gasteiger partial charge in [0.25, 0.3) is 0 Å². The standard InChI is InChI=1S/C13H13ClN2O4/c1-3-20-11-6-9(17)7(4-10(11)19-2)8-5-12(14)16-13(18)15-8/h4-6,17H,3H2,1-2H3,(H,15,16,18). The van der Waals surface area contributed by atoms with Gasteiger partial charge in [0.2, 0.25) is 0 Å². The molecule has 0 aliphatic carbocycles. The van der Waals surface area contributed by atoms with E-state index in [0.29, 0.717) is 29.4 Å². The first-order valence-corrected chi connectivity index (χ1v) is 6.24. The third kappa shape index (κ3) is 2.85. The van der Waals surface area contributed by atoms with Crippen LogP contribution in [-0.4, -0.2) is 28.8 Å². The third-order valence-electron chi connectivity index (χ3n) is 2.59. The topological polar surface area (TPSA) is 84.4 Å². The lowest BCUT2D eigenvalue weighted by molar-refractivity contribution is 0.309. The van der Waals surface area contributed by atoms with Crippen molar-refractivity contribution in [3.8, 4) is 28.5 Å². The number of aromatic amines is 1. The number of nitrogens with one attached hydrogen (secondary N) is 1. The Labute approximate surface area is 120 Å². The highest BCUT2D eigenvalue weighted by molar-refractivity contribution is 6.29. The molecule has 0 unspecified atom stereocenters. The van der Waals surface area contributed by atoms with E-state index < -0.39 is 5.69 Å². The van der Waals surface area contributed by atoms with E-state index in [1.165, 1.54) is 19.2 Å². The van der Waals surface area contributed by atoms with Crippen LogP contribution in [0.1, 0.15) is 6.92 Å². The second-order valence-electron chi connectivity index (χ2n) is 3.88. The Kier molecular flexibility index (Phi) is 4.14. The van der Waals surface area contributed by atoms with Crippen LogP contribution in [0, 0.1) is 0 Å². The van der Waals surface area contributed by atoms with Gasteiger partial charge in [0.15, 0.2) is 11.5 Å². The molecular weight excluding hydrogens is 284 g/mol. The number of benzene rings is 1. The molecule has 7 heteroatoms. The first-order chi connectivity index (χ1) is 9.55. The predicted octanol–water partition coefficient (Wildman–Crippen LogP) is 2.20. The number of hydrogen-bond donors (Lipinski definition) is 2. The number of ether oxygens (including phenoxy) is 2. The zero-order valence-corrected chi connectivity index (χ0v) is 11.7. The number of nitrogens with zero attached hydrogens (tertiary/aromatic N) is 1. The summed E-state index contributed by atoms with van der Waals surface area (Å²) in [7, 11) is 1.49. The van der Waals surface area contributed by atoms with Crippen LogP contribution < -0.4 is 15.2 Å². The minimum atomic E-state index is -0.597. The molecule has 2 rings (SSSR count). The zero-order chi connectivity index (χ0) is 14.7. The van der Waals surface area contributed by atoms with E-state index in [1.807, 2.05) is 6.92 Å². The van der Waals surface area contributed by atoms with E-state index in [4.69, 9.17) is 21.1 Å². The van der Waals surface area contributed by atoms with Gasteiger partial charge in [0.05, 0.1) is 19.4 Å². The van der Waals surface area contributed by atoms with Crippen molar-refractivity contribution in [3.63, 3.8) is 0 Å². The number of phenolic OH excluding ortho intramolecular Hbond substituents is 1. The van der Waals surface area contributed by atoms with Gasteiger partial charge in [-0.25, -0.2) is 4.79 Å². The smallest absolute Gasteiger partial charge is 0.346 e. The summed E-state index contributed by atoms with van der Waals surface area (Å²) in [6.07, 6.45) is 0. The van der Waals surface area contributed by atoms with Gasteiger partial charge in [0.1, 0.15) is 10.9 Å². The number of phenols is 1. The molecule has 0 saturated heterocycles. The summed E-state index contributed by atoms with van der Waals surface area (Å²) in [6.45, 7) is 2.26. The number of H-pyrrole nitrogens is 1. The van der Waals surface area contributed by atoms with Gasteiger partial charge < -0.3 is 19.6 Å². The maximum Gasteiger partial charge on any atom is 0.346 e. The number of halogens is 1. The van der Waals surface area contributed by atoms with Crippen LogP contribution in [-0.2, 0) is 0 Å². The van der Waals surface area contributed by atoms with Crippen LogP contribution in [0.15, 0.2) is 23.0 Å². The third-order valence-corrected chi connectivity index (χ3v) is 2.78. The lowest BCUT2D eigenvalue weighted by Gasteiger charge is -2.12. The van der Waals surface area contributed by atoms with Gasteiger partial charge >= 0.3 is 5.69 Å². The van der Waals surface area contributed by atoms with Crippen molar-refractivity contribution in [1.82, 2.24) is 9.97 Å². The highest BCUT2D eigenvalue weighted by Gasteiger charge is 2.14. The van der Waals surface area contributed by atoms with Crippen molar-refractivity contribution in [3.05, 3.63) is 33.8 Å². The quantitative estimate of drug-likeness (QED) is 0.845.